The zero-order chi connectivity index (χ0) is 18.5. The Balaban J connectivity index is 1.47. The average molecular weight is 370 g/mol. The number of thiocarbonyl (C=S) groups is 1. The van der Waals surface area contributed by atoms with Crippen LogP contribution in [0.2, 0.25) is 0 Å². The molecule has 0 aromatic heterocycles. The van der Waals surface area contributed by atoms with Gasteiger partial charge in [-0.2, -0.15) is 0 Å². The molecule has 0 saturated carbocycles. The fraction of sp³-hybridized carbons (Fsp3) is 0.381. The van der Waals surface area contributed by atoms with Crippen LogP contribution in [0, 0.1) is 19.8 Å². The molecule has 0 aliphatic carbocycles. The van der Waals surface area contributed by atoms with Crippen LogP contribution >= 0.6 is 12.2 Å². The maximum Gasteiger partial charge on any atom is 0.170 e. The molecule has 0 bridgehead atoms. The van der Waals surface area contributed by atoms with Crippen LogP contribution in [0.1, 0.15) is 17.5 Å². The first-order valence-electron chi connectivity index (χ1n) is 9.06. The Bertz CT molecular complexity index is 760. The topological polar surface area (TPSA) is 36.5 Å². The SMILES string of the molecule is COc1ccc(N2CC[C@H](CNC(=S)Nc3ccc(C)cc3C)C2)cc1. The molecule has 138 valence electrons. The van der Waals surface area contributed by atoms with Gasteiger partial charge in [-0.25, -0.2) is 0 Å². The number of methoxy groups -OCH3 is 1. The monoisotopic (exact) mass is 369 g/mol. The number of ether oxygens (including phenoxy) is 1. The predicted molar refractivity (Wildman–Crippen MR) is 113 cm³/mol. The van der Waals surface area contributed by atoms with Crippen molar-refractivity contribution in [2.75, 3.05) is 37.0 Å². The number of rotatable bonds is 5. The summed E-state index contributed by atoms with van der Waals surface area (Å²) in [6, 6.07) is 14.6. The van der Waals surface area contributed by atoms with E-state index in [1.165, 1.54) is 23.2 Å². The van der Waals surface area contributed by atoms with Gasteiger partial charge in [0.25, 0.3) is 0 Å². The molecule has 4 nitrogen and oxygen atoms in total. The van der Waals surface area contributed by atoms with Gasteiger partial charge in [0, 0.05) is 31.0 Å². The second-order valence-corrected chi connectivity index (χ2v) is 7.36. The van der Waals surface area contributed by atoms with E-state index in [4.69, 9.17) is 17.0 Å². The minimum Gasteiger partial charge on any atom is -0.497 e. The molecule has 2 N–H and O–H groups in total. The highest BCUT2D eigenvalue weighted by molar-refractivity contribution is 7.80. The van der Waals surface area contributed by atoms with Crippen LogP contribution < -0.4 is 20.3 Å². The minimum absolute atomic E-state index is 0.593. The van der Waals surface area contributed by atoms with E-state index in [0.29, 0.717) is 11.0 Å². The first-order valence-corrected chi connectivity index (χ1v) is 9.47. The van der Waals surface area contributed by atoms with E-state index in [0.717, 1.165) is 31.1 Å². The van der Waals surface area contributed by atoms with E-state index in [9.17, 15) is 0 Å². The van der Waals surface area contributed by atoms with Gasteiger partial charge >= 0.3 is 0 Å². The van der Waals surface area contributed by atoms with E-state index in [1.54, 1.807) is 7.11 Å². The first-order chi connectivity index (χ1) is 12.5. The van der Waals surface area contributed by atoms with Crippen LogP contribution in [0.3, 0.4) is 0 Å². The molecule has 2 aromatic carbocycles. The summed E-state index contributed by atoms with van der Waals surface area (Å²) in [6.07, 6.45) is 1.17. The van der Waals surface area contributed by atoms with Crippen molar-refractivity contribution in [3.63, 3.8) is 0 Å². The van der Waals surface area contributed by atoms with Gasteiger partial charge in [0.05, 0.1) is 7.11 Å². The number of benzene rings is 2. The van der Waals surface area contributed by atoms with Gasteiger partial charge in [-0.3, -0.25) is 0 Å². The number of hydrogen-bond donors (Lipinski definition) is 2. The summed E-state index contributed by atoms with van der Waals surface area (Å²) >= 11 is 5.46. The van der Waals surface area contributed by atoms with Gasteiger partial charge < -0.3 is 20.3 Å². The average Bonchev–Trinajstić information content (AvgIpc) is 3.11. The summed E-state index contributed by atoms with van der Waals surface area (Å²) in [5, 5.41) is 7.38. The third-order valence-corrected chi connectivity index (χ3v) is 5.15. The molecule has 26 heavy (non-hydrogen) atoms. The van der Waals surface area contributed by atoms with Crippen LogP contribution in [0.4, 0.5) is 11.4 Å². The molecule has 0 amide bonds. The van der Waals surface area contributed by atoms with Crippen LogP contribution in [0.15, 0.2) is 42.5 Å². The van der Waals surface area contributed by atoms with Crippen LogP contribution in [-0.2, 0) is 0 Å². The van der Waals surface area contributed by atoms with E-state index in [2.05, 4.69) is 59.7 Å². The van der Waals surface area contributed by atoms with Gasteiger partial charge in [0.1, 0.15) is 5.75 Å². The summed E-state index contributed by atoms with van der Waals surface area (Å²) in [5.74, 6) is 1.49. The van der Waals surface area contributed by atoms with Gasteiger partial charge in [0.2, 0.25) is 0 Å². The van der Waals surface area contributed by atoms with Crippen molar-refractivity contribution in [2.24, 2.45) is 5.92 Å². The van der Waals surface area contributed by atoms with E-state index < -0.39 is 0 Å². The molecular formula is C21H27N3OS. The Labute approximate surface area is 161 Å². The van der Waals surface area contributed by atoms with Crippen LogP contribution in [-0.4, -0.2) is 31.9 Å². The lowest BCUT2D eigenvalue weighted by Gasteiger charge is -2.20. The van der Waals surface area contributed by atoms with Crippen molar-refractivity contribution in [3.8, 4) is 5.75 Å². The Morgan fingerprint density at radius 3 is 2.65 bits per heavy atom. The lowest BCUT2D eigenvalue weighted by molar-refractivity contribution is 0.415. The van der Waals surface area contributed by atoms with Gasteiger partial charge in [-0.15, -0.1) is 0 Å². The number of nitrogens with zero attached hydrogens (tertiary/aromatic N) is 1. The zero-order valence-corrected chi connectivity index (χ0v) is 16.5. The Morgan fingerprint density at radius 1 is 1.19 bits per heavy atom. The first kappa shape index (κ1) is 18.5. The minimum atomic E-state index is 0.593. The summed E-state index contributed by atoms with van der Waals surface area (Å²) in [7, 11) is 1.70. The van der Waals surface area contributed by atoms with Crippen molar-refractivity contribution in [1.82, 2.24) is 5.32 Å². The standard InChI is InChI=1S/C21H27N3OS/c1-15-4-9-20(16(2)12-15)23-21(26)22-13-17-10-11-24(14-17)18-5-7-19(25-3)8-6-18/h4-9,12,17H,10-11,13-14H2,1-3H3,(H2,22,23,26)/t17-/m1/s1. The number of hydrogen-bond acceptors (Lipinski definition) is 3. The molecule has 1 aliphatic heterocycles. The van der Waals surface area contributed by atoms with Gasteiger partial charge in [0.15, 0.2) is 5.11 Å². The number of aryl methyl sites for hydroxylation is 2. The molecule has 1 saturated heterocycles. The zero-order valence-electron chi connectivity index (χ0n) is 15.7. The van der Waals surface area contributed by atoms with Crippen molar-refractivity contribution in [3.05, 3.63) is 53.6 Å². The smallest absolute Gasteiger partial charge is 0.170 e. The van der Waals surface area contributed by atoms with E-state index >= 15 is 0 Å². The van der Waals surface area contributed by atoms with Crippen LogP contribution in [0.25, 0.3) is 0 Å². The van der Waals surface area contributed by atoms with Crippen molar-refractivity contribution < 1.29 is 4.74 Å². The Hall–Kier alpha value is -2.27. The highest BCUT2D eigenvalue weighted by Crippen LogP contribution is 2.25. The van der Waals surface area contributed by atoms with E-state index in [1.807, 2.05) is 12.1 Å². The lowest BCUT2D eigenvalue weighted by Crippen LogP contribution is -2.34. The Morgan fingerprint density at radius 2 is 1.96 bits per heavy atom. The maximum atomic E-state index is 5.46. The Kier molecular flexibility index (Phi) is 5.99. The van der Waals surface area contributed by atoms with Crippen molar-refractivity contribution in [1.29, 1.82) is 0 Å². The van der Waals surface area contributed by atoms with Gasteiger partial charge in [-0.05, 0) is 74.3 Å². The molecule has 5 heteroatoms. The quantitative estimate of drug-likeness (QED) is 0.775. The molecule has 1 heterocycles. The summed E-state index contributed by atoms with van der Waals surface area (Å²) in [6.45, 7) is 7.22. The third-order valence-electron chi connectivity index (χ3n) is 4.90. The molecule has 0 unspecified atom stereocenters. The van der Waals surface area contributed by atoms with Crippen molar-refractivity contribution >= 4 is 28.7 Å². The summed E-state index contributed by atoms with van der Waals surface area (Å²) in [4.78, 5) is 2.42. The van der Waals surface area contributed by atoms with E-state index in [-0.39, 0.29) is 0 Å². The van der Waals surface area contributed by atoms with Crippen molar-refractivity contribution in [2.45, 2.75) is 20.3 Å². The summed E-state index contributed by atoms with van der Waals surface area (Å²) < 4.78 is 5.23. The normalized spacial score (nSPS) is 16.4. The maximum absolute atomic E-state index is 5.46. The largest absolute Gasteiger partial charge is 0.497 e. The molecular weight excluding hydrogens is 342 g/mol. The fourth-order valence-corrected chi connectivity index (χ4v) is 3.58. The van der Waals surface area contributed by atoms with Gasteiger partial charge in [-0.1, -0.05) is 17.7 Å². The highest BCUT2D eigenvalue weighted by Gasteiger charge is 2.22. The molecule has 2 aromatic rings. The second-order valence-electron chi connectivity index (χ2n) is 6.95. The number of anilines is 2. The molecule has 0 radical (unpaired) electrons. The molecule has 3 rings (SSSR count). The molecule has 1 aliphatic rings. The number of nitrogens with one attached hydrogen (secondary N) is 2. The second kappa shape index (κ2) is 8.41. The molecule has 1 fully saturated rings. The lowest BCUT2D eigenvalue weighted by atomic mass is 10.1. The molecule has 1 atom stereocenters. The summed E-state index contributed by atoms with van der Waals surface area (Å²) in [5.41, 5.74) is 4.79. The predicted octanol–water partition coefficient (Wildman–Crippen LogP) is 4.12. The van der Waals surface area contributed by atoms with Crippen LogP contribution in [0.5, 0.6) is 5.75 Å². The highest BCUT2D eigenvalue weighted by atomic mass is 32.1. The third kappa shape index (κ3) is 4.67. The molecule has 0 spiro atoms. The fourth-order valence-electron chi connectivity index (χ4n) is 3.38.